The zero-order valence-corrected chi connectivity index (χ0v) is 9.31. The zero-order chi connectivity index (χ0) is 10.9. The van der Waals surface area contributed by atoms with Crippen molar-refractivity contribution in [1.29, 1.82) is 0 Å². The Bertz CT molecular complexity index is 377. The fourth-order valence-electron chi connectivity index (χ4n) is 0.979. The highest BCUT2D eigenvalue weighted by Crippen LogP contribution is 2.32. The number of halogens is 1. The van der Waals surface area contributed by atoms with E-state index in [1.807, 2.05) is 0 Å². The molecule has 0 saturated heterocycles. The number of nitrogens with zero attached hydrogens (tertiary/aromatic N) is 1. The molecule has 0 unspecified atom stereocenters. The molecule has 1 aromatic rings. The van der Waals surface area contributed by atoms with Gasteiger partial charge in [0, 0.05) is 6.07 Å². The van der Waals surface area contributed by atoms with Gasteiger partial charge in [0.15, 0.2) is 5.78 Å². The van der Waals surface area contributed by atoms with E-state index in [1.165, 1.54) is 19.1 Å². The summed E-state index contributed by atoms with van der Waals surface area (Å²) in [6, 6.07) is 2.45. The fourth-order valence-corrected chi connectivity index (χ4v) is 1.65. The van der Waals surface area contributed by atoms with Gasteiger partial charge < -0.3 is 5.11 Å². The molecule has 0 heterocycles. The van der Waals surface area contributed by atoms with E-state index in [2.05, 4.69) is 0 Å². The molecule has 1 rings (SSSR count). The van der Waals surface area contributed by atoms with Crippen LogP contribution in [0.2, 0.25) is 0 Å². The number of hydrogen-bond acceptors (Lipinski definition) is 4. The van der Waals surface area contributed by atoms with Crippen molar-refractivity contribution in [3.05, 3.63) is 31.4 Å². The van der Waals surface area contributed by atoms with Crippen molar-refractivity contribution < 1.29 is 14.8 Å². The van der Waals surface area contributed by atoms with Crippen LogP contribution in [0.1, 0.15) is 17.3 Å². The van der Waals surface area contributed by atoms with Crippen molar-refractivity contribution in [2.24, 2.45) is 0 Å². The second kappa shape index (κ2) is 3.91. The van der Waals surface area contributed by atoms with Crippen molar-refractivity contribution >= 4 is 34.1 Å². The first kappa shape index (κ1) is 10.9. The molecule has 1 N–H and O–H groups in total. The van der Waals surface area contributed by atoms with Gasteiger partial charge in [-0.3, -0.25) is 14.9 Å². The highest BCUT2D eigenvalue weighted by molar-refractivity contribution is 14.1. The standard InChI is InChI=1S/C8H6INO4/c1-4(11)5-2-3-6(10(13)14)7(9)8(5)12/h2-3,12H,1H3. The van der Waals surface area contributed by atoms with Crippen LogP contribution in [0.25, 0.3) is 0 Å². The molecule has 0 aliphatic carbocycles. The Morgan fingerprint density at radius 1 is 1.57 bits per heavy atom. The predicted octanol–water partition coefficient (Wildman–Crippen LogP) is 2.11. The summed E-state index contributed by atoms with van der Waals surface area (Å²) < 4.78 is 0.0836. The van der Waals surface area contributed by atoms with E-state index >= 15 is 0 Å². The van der Waals surface area contributed by atoms with Crippen LogP contribution in [0.15, 0.2) is 12.1 Å². The van der Waals surface area contributed by atoms with Gasteiger partial charge in [-0.25, -0.2) is 0 Å². The van der Waals surface area contributed by atoms with Crippen LogP contribution in [0.4, 0.5) is 5.69 Å². The van der Waals surface area contributed by atoms with Crippen molar-refractivity contribution in [1.82, 2.24) is 0 Å². The van der Waals surface area contributed by atoms with Crippen molar-refractivity contribution in [2.45, 2.75) is 6.92 Å². The largest absolute Gasteiger partial charge is 0.506 e. The minimum Gasteiger partial charge on any atom is -0.506 e. The number of phenols is 1. The van der Waals surface area contributed by atoms with E-state index in [0.29, 0.717) is 0 Å². The van der Waals surface area contributed by atoms with Crippen LogP contribution in [0.3, 0.4) is 0 Å². The first-order valence-electron chi connectivity index (χ1n) is 3.62. The Kier molecular flexibility index (Phi) is 3.04. The number of nitro groups is 1. The number of aromatic hydroxyl groups is 1. The summed E-state index contributed by atoms with van der Waals surface area (Å²) in [5.74, 6) is -0.650. The Morgan fingerprint density at radius 2 is 2.14 bits per heavy atom. The maximum Gasteiger partial charge on any atom is 0.286 e. The topological polar surface area (TPSA) is 80.4 Å². The minimum absolute atomic E-state index is 0.0836. The molecule has 0 amide bonds. The maximum absolute atomic E-state index is 11.0. The third-order valence-electron chi connectivity index (χ3n) is 1.67. The van der Waals surface area contributed by atoms with Gasteiger partial charge >= 0.3 is 0 Å². The molecule has 0 fully saturated rings. The number of nitro benzene ring substituents is 1. The average molecular weight is 307 g/mol. The Morgan fingerprint density at radius 3 is 2.57 bits per heavy atom. The number of carbonyl (C=O) groups excluding carboxylic acids is 1. The molecule has 0 aliphatic rings. The number of hydrogen-bond donors (Lipinski definition) is 1. The Balaban J connectivity index is 3.41. The van der Waals surface area contributed by atoms with Crippen LogP contribution >= 0.6 is 22.6 Å². The second-order valence-corrected chi connectivity index (χ2v) is 3.69. The van der Waals surface area contributed by atoms with Gasteiger partial charge in [-0.1, -0.05) is 0 Å². The van der Waals surface area contributed by atoms with Crippen LogP contribution in [-0.2, 0) is 0 Å². The normalized spacial score (nSPS) is 9.86. The average Bonchev–Trinajstić information content (AvgIpc) is 2.08. The third kappa shape index (κ3) is 1.84. The molecule has 6 heteroatoms. The molecular weight excluding hydrogens is 301 g/mol. The van der Waals surface area contributed by atoms with E-state index < -0.39 is 4.92 Å². The second-order valence-electron chi connectivity index (χ2n) is 2.61. The van der Waals surface area contributed by atoms with E-state index in [-0.39, 0.29) is 26.4 Å². The molecular formula is C8H6INO4. The molecule has 5 nitrogen and oxygen atoms in total. The van der Waals surface area contributed by atoms with Gasteiger partial charge in [-0.15, -0.1) is 0 Å². The lowest BCUT2D eigenvalue weighted by molar-refractivity contribution is -0.385. The first-order chi connectivity index (χ1) is 6.45. The maximum atomic E-state index is 11.0. The molecule has 0 saturated carbocycles. The Labute approximate surface area is 93.0 Å². The quantitative estimate of drug-likeness (QED) is 0.393. The van der Waals surface area contributed by atoms with Gasteiger partial charge in [-0.2, -0.15) is 0 Å². The summed E-state index contributed by atoms with van der Waals surface area (Å²) in [5, 5.41) is 19.9. The number of rotatable bonds is 2. The van der Waals surface area contributed by atoms with Crippen LogP contribution < -0.4 is 0 Å². The minimum atomic E-state index is -0.606. The monoisotopic (exact) mass is 307 g/mol. The molecule has 74 valence electrons. The summed E-state index contributed by atoms with van der Waals surface area (Å²) in [7, 11) is 0. The van der Waals surface area contributed by atoms with E-state index in [1.54, 1.807) is 22.6 Å². The van der Waals surface area contributed by atoms with Crippen LogP contribution in [-0.4, -0.2) is 15.8 Å². The number of phenolic OH excluding ortho intramolecular Hbond substituents is 1. The van der Waals surface area contributed by atoms with Crippen LogP contribution in [0.5, 0.6) is 5.75 Å². The summed E-state index contributed by atoms with van der Waals surface area (Å²) in [4.78, 5) is 20.8. The van der Waals surface area contributed by atoms with Gasteiger partial charge in [0.25, 0.3) is 5.69 Å². The molecule has 0 aromatic heterocycles. The highest BCUT2D eigenvalue weighted by atomic mass is 127. The number of ketones is 1. The molecule has 0 spiro atoms. The molecule has 14 heavy (non-hydrogen) atoms. The molecule has 0 atom stereocenters. The lowest BCUT2D eigenvalue weighted by atomic mass is 10.1. The predicted molar refractivity (Wildman–Crippen MR) is 57.5 cm³/mol. The first-order valence-corrected chi connectivity index (χ1v) is 4.69. The molecule has 0 bridgehead atoms. The van der Waals surface area contributed by atoms with Gasteiger partial charge in [0.05, 0.1) is 10.5 Å². The highest BCUT2D eigenvalue weighted by Gasteiger charge is 2.19. The summed E-state index contributed by atoms with van der Waals surface area (Å²) in [6.45, 7) is 1.29. The van der Waals surface area contributed by atoms with E-state index in [0.717, 1.165) is 0 Å². The van der Waals surface area contributed by atoms with E-state index in [9.17, 15) is 20.0 Å². The molecule has 0 aliphatic heterocycles. The van der Waals surface area contributed by atoms with Gasteiger partial charge in [0.1, 0.15) is 9.32 Å². The smallest absolute Gasteiger partial charge is 0.286 e. The van der Waals surface area contributed by atoms with Crippen molar-refractivity contribution in [3.63, 3.8) is 0 Å². The van der Waals surface area contributed by atoms with Gasteiger partial charge in [-0.05, 0) is 35.6 Å². The van der Waals surface area contributed by atoms with Crippen LogP contribution in [0, 0.1) is 13.7 Å². The van der Waals surface area contributed by atoms with Crippen molar-refractivity contribution in [3.8, 4) is 5.75 Å². The Hall–Kier alpha value is -1.18. The SMILES string of the molecule is CC(=O)c1ccc([N+](=O)[O-])c(I)c1O. The summed E-state index contributed by atoms with van der Waals surface area (Å²) in [6.07, 6.45) is 0. The van der Waals surface area contributed by atoms with Crippen molar-refractivity contribution in [2.75, 3.05) is 0 Å². The third-order valence-corrected chi connectivity index (χ3v) is 2.74. The number of carbonyl (C=O) groups is 1. The molecule has 0 radical (unpaired) electrons. The fraction of sp³-hybridized carbons (Fsp3) is 0.125. The lowest BCUT2D eigenvalue weighted by Gasteiger charge is -2.02. The summed E-state index contributed by atoms with van der Waals surface area (Å²) in [5.41, 5.74) is -0.104. The zero-order valence-electron chi connectivity index (χ0n) is 7.15. The number of benzene rings is 1. The van der Waals surface area contributed by atoms with E-state index in [4.69, 9.17) is 0 Å². The van der Waals surface area contributed by atoms with Gasteiger partial charge in [0.2, 0.25) is 0 Å². The molecule has 1 aromatic carbocycles. The lowest BCUT2D eigenvalue weighted by Crippen LogP contribution is -1.98. The number of Topliss-reactive ketones (excluding diaryl/α,β-unsaturated/α-hetero) is 1. The summed E-state index contributed by atoms with van der Waals surface area (Å²) >= 11 is 1.64.